The van der Waals surface area contributed by atoms with Crippen LogP contribution in [-0.4, -0.2) is 0 Å². The number of hydrogen-bond acceptors (Lipinski definition) is 0. The van der Waals surface area contributed by atoms with Crippen LogP contribution in [-0.2, 0) is 0 Å². The molecule has 0 heterocycles. The van der Waals surface area contributed by atoms with Crippen LogP contribution in [0.2, 0.25) is 0 Å². The van der Waals surface area contributed by atoms with Crippen molar-refractivity contribution in [2.45, 2.75) is 34.1 Å². The summed E-state index contributed by atoms with van der Waals surface area (Å²) in [5, 5.41) is 0. The van der Waals surface area contributed by atoms with Gasteiger partial charge in [0.05, 0.1) is 0 Å². The molecule has 0 aromatic rings. The molecule has 0 aliphatic rings. The van der Waals surface area contributed by atoms with E-state index < -0.39 is 0 Å². The molecule has 9 heavy (non-hydrogen) atoms. The summed E-state index contributed by atoms with van der Waals surface area (Å²) in [6.45, 7) is 8.88. The first kappa shape index (κ1) is 8.74. The van der Waals surface area contributed by atoms with E-state index in [4.69, 9.17) is 0 Å². The maximum Gasteiger partial charge on any atom is -0.0264 e. The van der Waals surface area contributed by atoms with E-state index in [1.54, 1.807) is 0 Å². The molecule has 0 rings (SSSR count). The predicted octanol–water partition coefficient (Wildman–Crippen LogP) is 3.24. The molecule has 54 valence electrons. The van der Waals surface area contributed by atoms with Gasteiger partial charge in [0, 0.05) is 0 Å². The lowest BCUT2D eigenvalue weighted by molar-refractivity contribution is 0.686. The van der Waals surface area contributed by atoms with Crippen LogP contribution < -0.4 is 0 Å². The minimum atomic E-state index is 0.707. The highest BCUT2D eigenvalue weighted by atomic mass is 14.0. The van der Waals surface area contributed by atoms with Crippen LogP contribution in [0.25, 0.3) is 0 Å². The topological polar surface area (TPSA) is 0 Å². The van der Waals surface area contributed by atoms with Gasteiger partial charge in [0.2, 0.25) is 0 Å². The van der Waals surface area contributed by atoms with Gasteiger partial charge in [-0.15, -0.1) is 0 Å². The molecule has 0 aliphatic heterocycles. The lowest BCUT2D eigenvalue weighted by atomic mass is 10.1. The largest absolute Gasteiger partial charge is 0.0857 e. The second-order valence-corrected chi connectivity index (χ2v) is 3.01. The Balaban J connectivity index is 3.43. The molecule has 0 amide bonds. The summed E-state index contributed by atoms with van der Waals surface area (Å²) in [6.07, 6.45) is 5.82. The Morgan fingerprint density at radius 1 is 1.11 bits per heavy atom. The summed E-state index contributed by atoms with van der Waals surface area (Å²) in [5.74, 6) is 1.46. The molecule has 0 bridgehead atoms. The third kappa shape index (κ3) is 5.61. The van der Waals surface area contributed by atoms with E-state index in [1.165, 1.54) is 6.42 Å². The second-order valence-electron chi connectivity index (χ2n) is 3.01. The summed E-state index contributed by atoms with van der Waals surface area (Å²) in [7, 11) is 0. The van der Waals surface area contributed by atoms with Crippen molar-refractivity contribution in [3.63, 3.8) is 0 Å². The average molecular weight is 126 g/mol. The standard InChI is InChI=1S/C9H18/c1-5-9(4)7-6-8(2)3/h6-9H,5H2,1-4H3/b7-6-/t9-/m0/s1. The molecule has 0 nitrogen and oxygen atoms in total. The highest BCUT2D eigenvalue weighted by Gasteiger charge is 1.90. The Morgan fingerprint density at radius 3 is 2.00 bits per heavy atom. The van der Waals surface area contributed by atoms with Crippen LogP contribution in [0, 0.1) is 11.8 Å². The molecule has 0 heteroatoms. The summed E-state index contributed by atoms with van der Waals surface area (Å²) < 4.78 is 0. The van der Waals surface area contributed by atoms with Gasteiger partial charge < -0.3 is 0 Å². The number of hydrogen-bond donors (Lipinski definition) is 0. The highest BCUT2D eigenvalue weighted by Crippen LogP contribution is 2.04. The van der Waals surface area contributed by atoms with Crippen molar-refractivity contribution in [3.8, 4) is 0 Å². The van der Waals surface area contributed by atoms with E-state index in [1.807, 2.05) is 0 Å². The van der Waals surface area contributed by atoms with Crippen LogP contribution in [0.4, 0.5) is 0 Å². The minimum absolute atomic E-state index is 0.707. The van der Waals surface area contributed by atoms with E-state index in [-0.39, 0.29) is 0 Å². The molecule has 0 N–H and O–H groups in total. The minimum Gasteiger partial charge on any atom is -0.0857 e. The Kier molecular flexibility index (Phi) is 4.47. The third-order valence-electron chi connectivity index (χ3n) is 1.47. The number of rotatable bonds is 3. The Morgan fingerprint density at radius 2 is 1.67 bits per heavy atom. The molecule has 0 spiro atoms. The van der Waals surface area contributed by atoms with E-state index in [0.717, 1.165) is 5.92 Å². The fourth-order valence-electron chi connectivity index (χ4n) is 0.548. The van der Waals surface area contributed by atoms with Gasteiger partial charge in [-0.1, -0.05) is 46.3 Å². The van der Waals surface area contributed by atoms with Gasteiger partial charge >= 0.3 is 0 Å². The SMILES string of the molecule is CC[C@H](C)/C=C\C(C)C. The smallest absolute Gasteiger partial charge is 0.0264 e. The summed E-state index contributed by atoms with van der Waals surface area (Å²) in [6, 6.07) is 0. The molecular weight excluding hydrogens is 108 g/mol. The zero-order chi connectivity index (χ0) is 7.28. The van der Waals surface area contributed by atoms with E-state index >= 15 is 0 Å². The Labute approximate surface area is 59.0 Å². The average Bonchev–Trinajstić information content (AvgIpc) is 1.83. The molecule has 0 saturated heterocycles. The van der Waals surface area contributed by atoms with Crippen molar-refractivity contribution >= 4 is 0 Å². The van der Waals surface area contributed by atoms with E-state index in [9.17, 15) is 0 Å². The first-order valence-electron chi connectivity index (χ1n) is 3.85. The lowest BCUT2D eigenvalue weighted by Crippen LogP contribution is -1.86. The van der Waals surface area contributed by atoms with Gasteiger partial charge in [-0.2, -0.15) is 0 Å². The zero-order valence-corrected chi connectivity index (χ0v) is 7.02. The second kappa shape index (κ2) is 4.60. The molecule has 0 fully saturated rings. The third-order valence-corrected chi connectivity index (χ3v) is 1.47. The van der Waals surface area contributed by atoms with Crippen LogP contribution in [0.1, 0.15) is 34.1 Å². The first-order valence-corrected chi connectivity index (χ1v) is 3.85. The van der Waals surface area contributed by atoms with Crippen molar-refractivity contribution in [3.05, 3.63) is 12.2 Å². The molecule has 1 atom stereocenters. The predicted molar refractivity (Wildman–Crippen MR) is 43.4 cm³/mol. The van der Waals surface area contributed by atoms with Crippen molar-refractivity contribution < 1.29 is 0 Å². The zero-order valence-electron chi connectivity index (χ0n) is 7.02. The van der Waals surface area contributed by atoms with E-state index in [2.05, 4.69) is 39.8 Å². The van der Waals surface area contributed by atoms with Gasteiger partial charge in [0.1, 0.15) is 0 Å². The molecular formula is C9H18. The fourth-order valence-corrected chi connectivity index (χ4v) is 0.548. The van der Waals surface area contributed by atoms with Gasteiger partial charge in [-0.3, -0.25) is 0 Å². The van der Waals surface area contributed by atoms with Crippen molar-refractivity contribution in [2.24, 2.45) is 11.8 Å². The lowest BCUT2D eigenvalue weighted by Gasteiger charge is -2.00. The van der Waals surface area contributed by atoms with Gasteiger partial charge in [0.25, 0.3) is 0 Å². The van der Waals surface area contributed by atoms with Gasteiger partial charge in [-0.05, 0) is 11.8 Å². The maximum absolute atomic E-state index is 2.30. The van der Waals surface area contributed by atoms with Crippen LogP contribution in [0.5, 0.6) is 0 Å². The first-order chi connectivity index (χ1) is 4.16. The molecule has 0 aromatic carbocycles. The molecule has 0 unspecified atom stereocenters. The quantitative estimate of drug-likeness (QED) is 0.509. The molecule has 0 saturated carbocycles. The summed E-state index contributed by atoms with van der Waals surface area (Å²) in [4.78, 5) is 0. The monoisotopic (exact) mass is 126 g/mol. The normalized spacial score (nSPS) is 15.2. The maximum atomic E-state index is 2.30. The number of allylic oxidation sites excluding steroid dienone is 2. The van der Waals surface area contributed by atoms with Crippen LogP contribution in [0.15, 0.2) is 12.2 Å². The van der Waals surface area contributed by atoms with Gasteiger partial charge in [-0.25, -0.2) is 0 Å². The summed E-state index contributed by atoms with van der Waals surface area (Å²) in [5.41, 5.74) is 0. The fraction of sp³-hybridized carbons (Fsp3) is 0.778. The van der Waals surface area contributed by atoms with Gasteiger partial charge in [0.15, 0.2) is 0 Å². The van der Waals surface area contributed by atoms with Crippen molar-refractivity contribution in [1.82, 2.24) is 0 Å². The highest BCUT2D eigenvalue weighted by molar-refractivity contribution is 4.87. The molecule has 0 aromatic heterocycles. The molecule has 0 aliphatic carbocycles. The molecule has 0 radical (unpaired) electrons. The van der Waals surface area contributed by atoms with Crippen molar-refractivity contribution in [1.29, 1.82) is 0 Å². The van der Waals surface area contributed by atoms with Crippen LogP contribution >= 0.6 is 0 Å². The van der Waals surface area contributed by atoms with Crippen molar-refractivity contribution in [2.75, 3.05) is 0 Å². The summed E-state index contributed by atoms with van der Waals surface area (Å²) >= 11 is 0. The van der Waals surface area contributed by atoms with E-state index in [0.29, 0.717) is 5.92 Å². The Hall–Kier alpha value is -0.260. The Bertz CT molecular complexity index is 80.0. The van der Waals surface area contributed by atoms with Crippen LogP contribution in [0.3, 0.4) is 0 Å².